The molecular weight excluding hydrogens is 294 g/mol. The van der Waals surface area contributed by atoms with E-state index in [1.807, 2.05) is 0 Å². The zero-order valence-corrected chi connectivity index (χ0v) is 11.4. The fourth-order valence-corrected chi connectivity index (χ4v) is 2.84. The van der Waals surface area contributed by atoms with Gasteiger partial charge in [-0.15, -0.1) is 0 Å². The van der Waals surface area contributed by atoms with Gasteiger partial charge in [-0.2, -0.15) is 0 Å². The number of ether oxygens (including phenoxy) is 1. The van der Waals surface area contributed by atoms with Crippen LogP contribution in [0.5, 0.6) is 0 Å². The highest BCUT2D eigenvalue weighted by Gasteiger charge is 2.38. The number of nitrogens with two attached hydrogens (primary N) is 1. The van der Waals surface area contributed by atoms with Crippen LogP contribution in [0.25, 0.3) is 10.9 Å². The van der Waals surface area contributed by atoms with Crippen molar-refractivity contribution >= 4 is 16.7 Å². The number of hydrogen-bond donors (Lipinski definition) is 5. The predicted molar refractivity (Wildman–Crippen MR) is 74.3 cm³/mol. The van der Waals surface area contributed by atoms with Crippen LogP contribution >= 0.6 is 0 Å². The van der Waals surface area contributed by atoms with Crippen LogP contribution in [0.15, 0.2) is 12.3 Å². The molecule has 0 bridgehead atoms. The van der Waals surface area contributed by atoms with Gasteiger partial charge in [-0.3, -0.25) is 5.41 Å². The highest BCUT2D eigenvalue weighted by molar-refractivity contribution is 5.85. The van der Waals surface area contributed by atoms with Crippen LogP contribution in [-0.4, -0.2) is 43.7 Å². The molecule has 22 heavy (non-hydrogen) atoms. The minimum atomic E-state index is -0.890. The number of H-pyrrole nitrogens is 1. The molecule has 1 fully saturated rings. The van der Waals surface area contributed by atoms with E-state index < -0.39 is 23.3 Å². The van der Waals surface area contributed by atoms with Gasteiger partial charge in [-0.05, 0) is 10.7 Å². The van der Waals surface area contributed by atoms with Crippen molar-refractivity contribution in [2.45, 2.75) is 24.7 Å². The maximum Gasteiger partial charge on any atom is 0.203 e. The molecule has 1 aliphatic rings. The van der Waals surface area contributed by atoms with Crippen molar-refractivity contribution in [2.24, 2.45) is 0 Å². The van der Waals surface area contributed by atoms with Gasteiger partial charge < -0.3 is 25.7 Å². The van der Waals surface area contributed by atoms with Crippen molar-refractivity contribution in [1.29, 1.82) is 5.41 Å². The van der Waals surface area contributed by atoms with Crippen LogP contribution in [-0.2, 0) is 4.74 Å². The zero-order valence-electron chi connectivity index (χ0n) is 11.4. The number of nitrogen functional groups attached to an aromatic ring is 1. The summed E-state index contributed by atoms with van der Waals surface area (Å²) in [4.78, 5) is 14.1. The number of anilines is 1. The van der Waals surface area contributed by atoms with E-state index in [4.69, 9.17) is 21.0 Å². The van der Waals surface area contributed by atoms with E-state index in [2.05, 4.69) is 4.98 Å². The van der Waals surface area contributed by atoms with Gasteiger partial charge in [0.1, 0.15) is 6.10 Å². The van der Waals surface area contributed by atoms with E-state index in [0.717, 1.165) is 0 Å². The second-order valence-electron chi connectivity index (χ2n) is 5.11. The highest BCUT2D eigenvalue weighted by Crippen LogP contribution is 2.38. The Labute approximate surface area is 123 Å². The molecule has 1 aliphatic heterocycles. The molecule has 0 aromatic carbocycles. The molecule has 1 unspecified atom stereocenters. The Morgan fingerprint density at radius 3 is 2.95 bits per heavy atom. The first-order valence-electron chi connectivity index (χ1n) is 6.60. The molecule has 1 saturated heterocycles. The van der Waals surface area contributed by atoms with E-state index >= 15 is 0 Å². The summed E-state index contributed by atoms with van der Waals surface area (Å²) in [5.41, 5.74) is 6.30. The summed E-state index contributed by atoms with van der Waals surface area (Å²) < 4.78 is 6.02. The summed E-state index contributed by atoms with van der Waals surface area (Å²) in [6.45, 7) is -0.364. The second-order valence-corrected chi connectivity index (χ2v) is 5.11. The monoisotopic (exact) mass is 309 g/mol. The van der Waals surface area contributed by atoms with Crippen LogP contribution < -0.4 is 11.2 Å². The lowest BCUT2D eigenvalue weighted by molar-refractivity contribution is -0.543. The standard InChI is InChI=1S/C12H15N5O5/c13-11-5-1-2-15-10(5)9(12(14)16(11)17(20)21)7-3-6(19)8(4-18)22-7/h1-2,6-8,13,15,18-19H,3-4,14H2/t6-,7?,8+/m0/s1. The summed E-state index contributed by atoms with van der Waals surface area (Å²) >= 11 is 0. The Kier molecular flexibility index (Phi) is 3.35. The number of nitro groups is 1. The lowest BCUT2D eigenvalue weighted by atomic mass is 10.0. The lowest BCUT2D eigenvalue weighted by Gasteiger charge is -2.16. The summed E-state index contributed by atoms with van der Waals surface area (Å²) in [5.74, 6) is -0.235. The Balaban J connectivity index is 2.24. The molecule has 10 nitrogen and oxygen atoms in total. The molecule has 0 saturated carbocycles. The minimum absolute atomic E-state index is 0.151. The van der Waals surface area contributed by atoms with Gasteiger partial charge in [0.15, 0.2) is 10.9 Å². The minimum Gasteiger partial charge on any atom is -0.394 e. The number of rotatable bonds is 3. The van der Waals surface area contributed by atoms with Gasteiger partial charge in [-0.25, -0.2) is 10.1 Å². The van der Waals surface area contributed by atoms with Gasteiger partial charge in [-0.1, -0.05) is 0 Å². The van der Waals surface area contributed by atoms with E-state index in [-0.39, 0.29) is 24.3 Å². The molecule has 0 spiro atoms. The molecule has 3 rings (SSSR count). The number of aromatic nitrogens is 2. The molecule has 2 aromatic rings. The topological polar surface area (TPSA) is 163 Å². The van der Waals surface area contributed by atoms with Crippen LogP contribution in [0.3, 0.4) is 0 Å². The van der Waals surface area contributed by atoms with Gasteiger partial charge >= 0.3 is 0 Å². The van der Waals surface area contributed by atoms with E-state index in [1.165, 1.54) is 6.07 Å². The first-order chi connectivity index (χ1) is 10.5. The highest BCUT2D eigenvalue weighted by atomic mass is 16.7. The fourth-order valence-electron chi connectivity index (χ4n) is 2.84. The summed E-state index contributed by atoms with van der Waals surface area (Å²) in [5, 5.41) is 37.7. The first kappa shape index (κ1) is 14.5. The molecule has 0 radical (unpaired) electrons. The number of nitrogens with one attached hydrogen (secondary N) is 2. The summed E-state index contributed by atoms with van der Waals surface area (Å²) in [6.07, 6.45) is -0.669. The van der Waals surface area contributed by atoms with Crippen molar-refractivity contribution in [3.05, 3.63) is 33.4 Å². The molecule has 3 heterocycles. The Hall–Kier alpha value is -2.43. The molecule has 0 amide bonds. The number of fused-ring (bicyclic) bond motifs is 1. The van der Waals surface area contributed by atoms with Crippen LogP contribution in [0.1, 0.15) is 18.1 Å². The number of aromatic amines is 1. The largest absolute Gasteiger partial charge is 0.394 e. The second kappa shape index (κ2) is 5.09. The van der Waals surface area contributed by atoms with Gasteiger partial charge in [0.05, 0.1) is 29.9 Å². The summed E-state index contributed by atoms with van der Waals surface area (Å²) in [6, 6.07) is 1.54. The van der Waals surface area contributed by atoms with Crippen LogP contribution in [0.2, 0.25) is 0 Å². The maximum absolute atomic E-state index is 11.2. The van der Waals surface area contributed by atoms with Crippen molar-refractivity contribution in [1.82, 2.24) is 9.66 Å². The first-order valence-corrected chi connectivity index (χ1v) is 6.60. The Morgan fingerprint density at radius 2 is 2.36 bits per heavy atom. The smallest absolute Gasteiger partial charge is 0.203 e. The van der Waals surface area contributed by atoms with E-state index in [1.54, 1.807) is 6.20 Å². The Morgan fingerprint density at radius 1 is 1.64 bits per heavy atom. The third-order valence-electron chi connectivity index (χ3n) is 3.88. The molecule has 3 atom stereocenters. The number of pyridine rings is 1. The van der Waals surface area contributed by atoms with Gasteiger partial charge in [0.2, 0.25) is 5.49 Å². The van der Waals surface area contributed by atoms with Crippen LogP contribution in [0, 0.1) is 15.5 Å². The number of aliphatic hydroxyl groups is 2. The average molecular weight is 309 g/mol. The molecular formula is C12H15N5O5. The average Bonchev–Trinajstić information content (AvgIpc) is 3.05. The van der Waals surface area contributed by atoms with Gasteiger partial charge in [0.25, 0.3) is 0 Å². The molecule has 2 aromatic heterocycles. The van der Waals surface area contributed by atoms with Crippen molar-refractivity contribution in [2.75, 3.05) is 12.3 Å². The lowest BCUT2D eigenvalue weighted by Crippen LogP contribution is -2.30. The molecule has 6 N–H and O–H groups in total. The molecule has 118 valence electrons. The number of hydrogen-bond acceptors (Lipinski definition) is 7. The van der Waals surface area contributed by atoms with Crippen molar-refractivity contribution in [3.8, 4) is 0 Å². The zero-order chi connectivity index (χ0) is 16.0. The maximum atomic E-state index is 11.2. The summed E-state index contributed by atoms with van der Waals surface area (Å²) in [7, 11) is 0. The van der Waals surface area contributed by atoms with E-state index in [9.17, 15) is 15.2 Å². The normalized spacial score (nSPS) is 24.9. The van der Waals surface area contributed by atoms with E-state index in [0.29, 0.717) is 21.1 Å². The van der Waals surface area contributed by atoms with Crippen molar-refractivity contribution in [3.63, 3.8) is 0 Å². The number of nitrogens with zero attached hydrogens (tertiary/aromatic N) is 2. The SMILES string of the molecule is N=c1c2cc[nH]c2c(C2C[C@H](O)[C@@H](CO)O2)c(N)n1[N+](=O)[O-]. The van der Waals surface area contributed by atoms with Gasteiger partial charge in [0, 0.05) is 18.0 Å². The molecule has 10 heteroatoms. The fraction of sp³-hybridized carbons (Fsp3) is 0.417. The van der Waals surface area contributed by atoms with Crippen LogP contribution in [0.4, 0.5) is 5.82 Å². The molecule has 0 aliphatic carbocycles. The number of aliphatic hydroxyl groups excluding tert-OH is 2. The predicted octanol–water partition coefficient (Wildman–Crippen LogP) is -0.746. The third kappa shape index (κ3) is 1.96. The van der Waals surface area contributed by atoms with Crippen molar-refractivity contribution < 1.29 is 20.0 Å². The Bertz CT molecular complexity index is 797. The quantitative estimate of drug-likeness (QED) is 0.370. The third-order valence-corrected chi connectivity index (χ3v) is 3.88.